The fourth-order valence-corrected chi connectivity index (χ4v) is 6.41. The van der Waals surface area contributed by atoms with Crippen molar-refractivity contribution in [3.63, 3.8) is 0 Å². The zero-order chi connectivity index (χ0) is 29.0. The molecule has 2 saturated heterocycles. The maximum absolute atomic E-state index is 13.1. The van der Waals surface area contributed by atoms with Gasteiger partial charge in [0, 0.05) is 34.5 Å². The Hall–Kier alpha value is -4.19. The second kappa shape index (κ2) is 10.3. The highest BCUT2D eigenvalue weighted by molar-refractivity contribution is 5.96. The number of anilines is 1. The number of aromatic carboxylic acids is 1. The van der Waals surface area contributed by atoms with Crippen LogP contribution >= 0.6 is 0 Å². The van der Waals surface area contributed by atoms with Crippen molar-refractivity contribution in [1.29, 1.82) is 0 Å². The number of aromatic nitrogens is 3. The van der Waals surface area contributed by atoms with Gasteiger partial charge in [-0.05, 0) is 68.9 Å². The van der Waals surface area contributed by atoms with Crippen LogP contribution in [0.2, 0.25) is 0 Å². The number of nitrogens with zero attached hydrogens (tertiary/aromatic N) is 4. The Kier molecular flexibility index (Phi) is 6.52. The number of carboxylic acid groups (broad SMARTS) is 1. The van der Waals surface area contributed by atoms with Crippen LogP contribution in [-0.2, 0) is 11.3 Å². The van der Waals surface area contributed by atoms with E-state index in [1.54, 1.807) is 30.3 Å². The molecule has 4 heterocycles. The Morgan fingerprint density at radius 1 is 1.05 bits per heavy atom. The number of rotatable bonds is 8. The Morgan fingerprint density at radius 3 is 2.52 bits per heavy atom. The average Bonchev–Trinajstić information content (AvgIpc) is 3.66. The van der Waals surface area contributed by atoms with Crippen LogP contribution < -0.4 is 9.64 Å². The number of ether oxygens (including phenoxy) is 2. The number of carboxylic acids is 1. The van der Waals surface area contributed by atoms with Crippen LogP contribution in [0.25, 0.3) is 22.2 Å². The summed E-state index contributed by atoms with van der Waals surface area (Å²) >= 11 is 0. The van der Waals surface area contributed by atoms with Crippen molar-refractivity contribution in [1.82, 2.24) is 15.1 Å². The van der Waals surface area contributed by atoms with Crippen molar-refractivity contribution in [2.45, 2.75) is 75.6 Å². The van der Waals surface area contributed by atoms with Gasteiger partial charge >= 0.3 is 12.3 Å². The molecule has 42 heavy (non-hydrogen) atoms. The third-order valence-corrected chi connectivity index (χ3v) is 8.39. The number of piperidine rings is 1. The van der Waals surface area contributed by atoms with Gasteiger partial charge in [0.2, 0.25) is 0 Å². The lowest BCUT2D eigenvalue weighted by atomic mass is 9.98. The molecule has 7 rings (SSSR count). The van der Waals surface area contributed by atoms with Gasteiger partial charge in [-0.15, -0.1) is 13.2 Å². The molecule has 2 unspecified atom stereocenters. The number of hydrogen-bond acceptors (Lipinski definition) is 8. The van der Waals surface area contributed by atoms with E-state index in [0.717, 1.165) is 49.7 Å². The Morgan fingerprint density at radius 2 is 1.81 bits per heavy atom. The number of benzene rings is 2. The van der Waals surface area contributed by atoms with E-state index in [9.17, 15) is 23.1 Å². The van der Waals surface area contributed by atoms with Gasteiger partial charge in [0.05, 0.1) is 23.8 Å². The van der Waals surface area contributed by atoms with Crippen molar-refractivity contribution in [2.75, 3.05) is 4.90 Å². The average molecular weight is 581 g/mol. The van der Waals surface area contributed by atoms with Crippen LogP contribution in [0.5, 0.6) is 5.75 Å². The molecule has 2 aromatic carbocycles. The van der Waals surface area contributed by atoms with Gasteiger partial charge < -0.3 is 24.0 Å². The number of para-hydroxylation sites is 1. The zero-order valence-electron chi connectivity index (χ0n) is 22.4. The van der Waals surface area contributed by atoms with E-state index in [1.165, 1.54) is 18.5 Å². The molecule has 3 fully saturated rings. The topological polar surface area (TPSA) is 111 Å². The minimum absolute atomic E-state index is 0.0677. The van der Waals surface area contributed by atoms with Crippen LogP contribution in [0.3, 0.4) is 0 Å². The van der Waals surface area contributed by atoms with Gasteiger partial charge in [-0.1, -0.05) is 17.3 Å². The monoisotopic (exact) mass is 580 g/mol. The van der Waals surface area contributed by atoms with Crippen LogP contribution in [0, 0.1) is 0 Å². The lowest BCUT2D eigenvalue weighted by molar-refractivity contribution is -0.274. The summed E-state index contributed by atoms with van der Waals surface area (Å²) in [6.45, 7) is 0.170. The number of hydrogen-bond donors (Lipinski definition) is 1. The van der Waals surface area contributed by atoms with Crippen LogP contribution in [-0.4, -0.2) is 50.8 Å². The normalized spacial score (nSPS) is 22.1. The largest absolute Gasteiger partial charge is 0.573 e. The number of fused-ring (bicyclic) bond motifs is 3. The number of halogens is 3. The summed E-state index contributed by atoms with van der Waals surface area (Å²) in [7, 11) is 0. The van der Waals surface area contributed by atoms with E-state index < -0.39 is 12.3 Å². The smallest absolute Gasteiger partial charge is 0.478 e. The number of carbonyl (C=O) groups is 1. The fraction of sp³-hybridized carbons (Fsp3) is 0.400. The molecule has 3 aliphatic rings. The van der Waals surface area contributed by atoms with E-state index >= 15 is 0 Å². The van der Waals surface area contributed by atoms with Crippen LogP contribution in [0.15, 0.2) is 53.3 Å². The summed E-state index contributed by atoms with van der Waals surface area (Å²) in [5, 5.41) is 14.4. The molecule has 1 aliphatic carbocycles. The Bertz CT molecular complexity index is 1640. The maximum Gasteiger partial charge on any atom is 0.573 e. The van der Waals surface area contributed by atoms with Crippen molar-refractivity contribution in [3.05, 3.63) is 65.7 Å². The summed E-state index contributed by atoms with van der Waals surface area (Å²) < 4.78 is 55.8. The summed E-state index contributed by atoms with van der Waals surface area (Å²) in [4.78, 5) is 22.6. The van der Waals surface area contributed by atoms with E-state index in [2.05, 4.69) is 24.8 Å². The predicted molar refractivity (Wildman–Crippen MR) is 144 cm³/mol. The molecule has 2 bridgehead atoms. The second-order valence-electron chi connectivity index (χ2n) is 11.1. The van der Waals surface area contributed by atoms with Crippen molar-refractivity contribution in [3.8, 4) is 17.0 Å². The van der Waals surface area contributed by atoms with Crippen LogP contribution in [0.1, 0.15) is 66.1 Å². The van der Waals surface area contributed by atoms with Gasteiger partial charge in [-0.3, -0.25) is 0 Å². The molecule has 4 aromatic rings. The van der Waals surface area contributed by atoms with Gasteiger partial charge in [-0.25, -0.2) is 14.8 Å². The molecule has 3 atom stereocenters. The predicted octanol–water partition coefficient (Wildman–Crippen LogP) is 6.48. The van der Waals surface area contributed by atoms with Gasteiger partial charge in [0.15, 0.2) is 0 Å². The molecular formula is C30H27F3N4O5. The van der Waals surface area contributed by atoms with Gasteiger partial charge in [0.25, 0.3) is 0 Å². The lowest BCUT2D eigenvalue weighted by Crippen LogP contribution is -2.46. The van der Waals surface area contributed by atoms with Crippen molar-refractivity contribution < 1.29 is 37.1 Å². The molecule has 0 radical (unpaired) electrons. The molecule has 1 saturated carbocycles. The van der Waals surface area contributed by atoms with E-state index in [1.807, 2.05) is 0 Å². The Balaban J connectivity index is 1.11. The lowest BCUT2D eigenvalue weighted by Gasteiger charge is -2.40. The molecule has 218 valence electrons. The highest BCUT2D eigenvalue weighted by Gasteiger charge is 2.43. The van der Waals surface area contributed by atoms with E-state index in [0.29, 0.717) is 22.5 Å². The van der Waals surface area contributed by atoms with Gasteiger partial charge in [-0.2, -0.15) is 0 Å². The second-order valence-corrected chi connectivity index (χ2v) is 11.1. The molecule has 2 aliphatic heterocycles. The summed E-state index contributed by atoms with van der Waals surface area (Å²) in [5.74, 6) is 0.307. The molecule has 0 spiro atoms. The summed E-state index contributed by atoms with van der Waals surface area (Å²) in [6.07, 6.45) is 1.88. The van der Waals surface area contributed by atoms with E-state index in [4.69, 9.17) is 9.26 Å². The standard InChI is InChI=1S/C30H27F3N4O5/c31-30(32,33)41-25-4-2-1-3-22(25)26-23(27(42-36-26)16-5-6-16)14-40-20-12-18-8-9-19(13-20)37(18)28-21-10-7-17(29(38)39)11-24(21)34-15-35-28/h1-4,7,10-11,15-16,18-20H,5-6,8-9,12-14H2,(H,38,39)/t18-,19?,20?/m0/s1. The molecule has 1 N–H and O–H groups in total. The fourth-order valence-electron chi connectivity index (χ4n) is 6.41. The molecular weight excluding hydrogens is 553 g/mol. The SMILES string of the molecule is O=C(O)c1ccc2c(N3C4CC[C@H]3CC(OCc3c(-c5ccccc5OC(F)(F)F)noc3C3CC3)C4)ncnc2c1. The van der Waals surface area contributed by atoms with E-state index in [-0.39, 0.29) is 47.6 Å². The third kappa shape index (κ3) is 5.04. The molecule has 9 nitrogen and oxygen atoms in total. The quantitative estimate of drug-likeness (QED) is 0.250. The minimum atomic E-state index is -4.84. The first-order chi connectivity index (χ1) is 20.2. The maximum atomic E-state index is 13.1. The molecule has 12 heteroatoms. The first kappa shape index (κ1) is 26.7. The van der Waals surface area contributed by atoms with Crippen LogP contribution in [0.4, 0.5) is 19.0 Å². The van der Waals surface area contributed by atoms with Gasteiger partial charge in [0.1, 0.15) is 29.3 Å². The summed E-state index contributed by atoms with van der Waals surface area (Å²) in [5.41, 5.74) is 1.95. The minimum Gasteiger partial charge on any atom is -0.478 e. The van der Waals surface area contributed by atoms with Crippen molar-refractivity contribution in [2.24, 2.45) is 0 Å². The van der Waals surface area contributed by atoms with Crippen molar-refractivity contribution >= 4 is 22.7 Å². The highest BCUT2D eigenvalue weighted by Crippen LogP contribution is 2.47. The summed E-state index contributed by atoms with van der Waals surface area (Å²) in [6, 6.07) is 11.2. The molecule has 2 aromatic heterocycles. The molecule has 0 amide bonds. The Labute approximate surface area is 238 Å². The first-order valence-electron chi connectivity index (χ1n) is 14.0. The third-order valence-electron chi connectivity index (χ3n) is 8.39. The first-order valence-corrected chi connectivity index (χ1v) is 14.0. The zero-order valence-corrected chi connectivity index (χ0v) is 22.4. The highest BCUT2D eigenvalue weighted by atomic mass is 19.4. The number of alkyl halides is 3.